The first kappa shape index (κ1) is 16.4. The van der Waals surface area contributed by atoms with Gasteiger partial charge in [-0.15, -0.1) is 11.3 Å². The predicted octanol–water partition coefficient (Wildman–Crippen LogP) is 3.21. The van der Waals surface area contributed by atoms with Crippen LogP contribution in [0.15, 0.2) is 29.6 Å². The molecule has 1 saturated heterocycles. The monoisotopic (exact) mass is 346 g/mol. The molecule has 0 radical (unpaired) electrons. The molecule has 0 bridgehead atoms. The summed E-state index contributed by atoms with van der Waals surface area (Å²) >= 11 is 1.42. The highest BCUT2D eigenvalue weighted by Crippen LogP contribution is 2.31. The fraction of sp³-hybridized carbons (Fsp3) is 0.375. The van der Waals surface area contributed by atoms with E-state index in [4.69, 9.17) is 0 Å². The van der Waals surface area contributed by atoms with Gasteiger partial charge in [-0.05, 0) is 25.8 Å². The van der Waals surface area contributed by atoms with Crippen molar-refractivity contribution in [2.75, 3.05) is 23.3 Å². The Morgan fingerprint density at radius 2 is 2.08 bits per heavy atom. The topological polar surface area (TPSA) is 88.4 Å². The van der Waals surface area contributed by atoms with Crippen LogP contribution in [0.5, 0.6) is 0 Å². The minimum atomic E-state index is -0.362. The molecule has 126 valence electrons. The van der Waals surface area contributed by atoms with E-state index in [1.807, 2.05) is 17.2 Å². The molecular formula is C16H18N4O3S. The number of thiazole rings is 1. The molecule has 2 aromatic rings. The zero-order chi connectivity index (χ0) is 17.1. The molecule has 1 aliphatic heterocycles. The van der Waals surface area contributed by atoms with Crippen LogP contribution in [0.2, 0.25) is 0 Å². The van der Waals surface area contributed by atoms with Crippen molar-refractivity contribution < 1.29 is 9.72 Å². The van der Waals surface area contributed by atoms with Gasteiger partial charge in [0.15, 0.2) is 5.13 Å². The predicted molar refractivity (Wildman–Crippen MR) is 93.5 cm³/mol. The number of carbonyl (C=O) groups excluding carboxylic acids is 1. The van der Waals surface area contributed by atoms with Gasteiger partial charge in [0.1, 0.15) is 5.69 Å². The lowest BCUT2D eigenvalue weighted by atomic mass is 9.95. The van der Waals surface area contributed by atoms with Gasteiger partial charge in [-0.1, -0.05) is 12.1 Å². The number of anilines is 2. The summed E-state index contributed by atoms with van der Waals surface area (Å²) in [5.41, 5.74) is 1.62. The van der Waals surface area contributed by atoms with E-state index in [-0.39, 0.29) is 22.4 Å². The fourth-order valence-corrected chi connectivity index (χ4v) is 3.58. The maximum Gasteiger partial charge on any atom is 0.292 e. The number of para-hydroxylation sites is 2. The first-order chi connectivity index (χ1) is 11.5. The summed E-state index contributed by atoms with van der Waals surface area (Å²) in [6.07, 6.45) is 1.34. The van der Waals surface area contributed by atoms with E-state index in [0.717, 1.165) is 5.69 Å². The molecular weight excluding hydrogens is 328 g/mol. The zero-order valence-corrected chi connectivity index (χ0v) is 14.1. The standard InChI is InChI=1S/C16H18N4O3S/c1-11-10-24-16(17-11)18-15(21)12-6-8-19(9-7-12)13-4-2-3-5-14(13)20(22)23/h2-5,10,12H,6-9H2,1H3,(H,17,18,21). The average molecular weight is 346 g/mol. The molecule has 0 spiro atoms. The highest BCUT2D eigenvalue weighted by Gasteiger charge is 2.28. The van der Waals surface area contributed by atoms with Crippen molar-refractivity contribution in [3.8, 4) is 0 Å². The molecule has 1 amide bonds. The summed E-state index contributed by atoms with van der Waals surface area (Å²) in [6.45, 7) is 3.14. The number of benzene rings is 1. The van der Waals surface area contributed by atoms with Crippen molar-refractivity contribution in [3.63, 3.8) is 0 Å². The molecule has 7 nitrogen and oxygen atoms in total. The number of aromatic nitrogens is 1. The Kier molecular flexibility index (Phi) is 4.75. The van der Waals surface area contributed by atoms with Crippen LogP contribution in [-0.2, 0) is 4.79 Å². The summed E-state index contributed by atoms with van der Waals surface area (Å²) in [5, 5.41) is 16.5. The molecule has 1 N–H and O–H groups in total. The van der Waals surface area contributed by atoms with Crippen molar-refractivity contribution in [2.45, 2.75) is 19.8 Å². The normalized spacial score (nSPS) is 15.3. The summed E-state index contributed by atoms with van der Waals surface area (Å²) in [7, 11) is 0. The van der Waals surface area contributed by atoms with E-state index in [2.05, 4.69) is 10.3 Å². The Morgan fingerprint density at radius 1 is 1.38 bits per heavy atom. The molecule has 0 unspecified atom stereocenters. The highest BCUT2D eigenvalue weighted by molar-refractivity contribution is 7.13. The summed E-state index contributed by atoms with van der Waals surface area (Å²) in [5.74, 6) is -0.111. The number of nitrogens with one attached hydrogen (secondary N) is 1. The van der Waals surface area contributed by atoms with Gasteiger partial charge in [-0.25, -0.2) is 4.98 Å². The lowest BCUT2D eigenvalue weighted by molar-refractivity contribution is -0.384. The van der Waals surface area contributed by atoms with E-state index < -0.39 is 0 Å². The van der Waals surface area contributed by atoms with Gasteiger partial charge < -0.3 is 10.2 Å². The van der Waals surface area contributed by atoms with Gasteiger partial charge in [0.05, 0.1) is 10.6 Å². The smallest absolute Gasteiger partial charge is 0.292 e. The quantitative estimate of drug-likeness (QED) is 0.678. The van der Waals surface area contributed by atoms with Gasteiger partial charge in [0.2, 0.25) is 5.91 Å². The van der Waals surface area contributed by atoms with Crippen LogP contribution in [0.1, 0.15) is 18.5 Å². The second-order valence-corrected chi connectivity index (χ2v) is 6.65. The molecule has 1 aromatic heterocycles. The van der Waals surface area contributed by atoms with Gasteiger partial charge in [-0.2, -0.15) is 0 Å². The first-order valence-corrected chi connectivity index (χ1v) is 8.64. The Labute approximate surface area is 143 Å². The van der Waals surface area contributed by atoms with Crippen molar-refractivity contribution in [3.05, 3.63) is 45.5 Å². The molecule has 0 aliphatic carbocycles. The highest BCUT2D eigenvalue weighted by atomic mass is 32.1. The molecule has 24 heavy (non-hydrogen) atoms. The Hall–Kier alpha value is -2.48. The van der Waals surface area contributed by atoms with E-state index in [9.17, 15) is 14.9 Å². The van der Waals surface area contributed by atoms with Crippen molar-refractivity contribution in [2.24, 2.45) is 5.92 Å². The lowest BCUT2D eigenvalue weighted by Crippen LogP contribution is -2.38. The lowest BCUT2D eigenvalue weighted by Gasteiger charge is -2.32. The van der Waals surface area contributed by atoms with E-state index in [1.165, 1.54) is 17.4 Å². The number of nitro benzene ring substituents is 1. The molecule has 3 rings (SSSR count). The number of nitrogens with zero attached hydrogens (tertiary/aromatic N) is 3. The van der Waals surface area contributed by atoms with E-state index in [1.54, 1.807) is 18.2 Å². The molecule has 8 heteroatoms. The maximum atomic E-state index is 12.3. The largest absolute Gasteiger partial charge is 0.366 e. The van der Waals surface area contributed by atoms with Gasteiger partial charge in [0.25, 0.3) is 5.69 Å². The number of amides is 1. The van der Waals surface area contributed by atoms with Crippen LogP contribution in [0, 0.1) is 23.0 Å². The van der Waals surface area contributed by atoms with Crippen LogP contribution in [0.4, 0.5) is 16.5 Å². The van der Waals surface area contributed by atoms with Crippen LogP contribution in [-0.4, -0.2) is 28.9 Å². The van der Waals surface area contributed by atoms with Gasteiger partial charge >= 0.3 is 0 Å². The van der Waals surface area contributed by atoms with E-state index >= 15 is 0 Å². The summed E-state index contributed by atoms with van der Waals surface area (Å²) < 4.78 is 0. The van der Waals surface area contributed by atoms with Crippen LogP contribution in [0.25, 0.3) is 0 Å². The minimum absolute atomic E-state index is 0.0217. The molecule has 1 fully saturated rings. The number of hydrogen-bond donors (Lipinski definition) is 1. The van der Waals surface area contributed by atoms with Crippen LogP contribution in [0.3, 0.4) is 0 Å². The van der Waals surface area contributed by atoms with Gasteiger partial charge in [0, 0.05) is 30.5 Å². The molecule has 2 heterocycles. The number of aryl methyl sites for hydroxylation is 1. The first-order valence-electron chi connectivity index (χ1n) is 7.76. The Morgan fingerprint density at radius 3 is 2.71 bits per heavy atom. The SMILES string of the molecule is Cc1csc(NC(=O)C2CCN(c3ccccc3[N+](=O)[O-])CC2)n1. The number of piperidine rings is 1. The molecule has 1 aromatic carbocycles. The third-order valence-corrected chi connectivity index (χ3v) is 5.01. The van der Waals surface area contributed by atoms with Gasteiger partial charge in [-0.3, -0.25) is 14.9 Å². The zero-order valence-electron chi connectivity index (χ0n) is 13.3. The second kappa shape index (κ2) is 6.96. The average Bonchev–Trinajstić information content (AvgIpc) is 3.00. The molecule has 1 aliphatic rings. The minimum Gasteiger partial charge on any atom is -0.366 e. The van der Waals surface area contributed by atoms with Crippen molar-refractivity contribution in [1.29, 1.82) is 0 Å². The van der Waals surface area contributed by atoms with Crippen LogP contribution < -0.4 is 10.2 Å². The number of nitro groups is 1. The van der Waals surface area contributed by atoms with E-state index in [0.29, 0.717) is 36.8 Å². The third-order valence-electron chi connectivity index (χ3n) is 4.13. The Bertz CT molecular complexity index is 753. The molecule has 0 atom stereocenters. The van der Waals surface area contributed by atoms with Crippen LogP contribution >= 0.6 is 11.3 Å². The second-order valence-electron chi connectivity index (χ2n) is 5.79. The summed E-state index contributed by atoms with van der Waals surface area (Å²) in [6, 6.07) is 6.74. The summed E-state index contributed by atoms with van der Waals surface area (Å²) in [4.78, 5) is 29.3. The fourth-order valence-electron chi connectivity index (χ4n) is 2.89. The number of carbonyl (C=O) groups is 1. The molecule has 0 saturated carbocycles. The maximum absolute atomic E-state index is 12.3. The third kappa shape index (κ3) is 3.53. The number of rotatable bonds is 4. The Balaban J connectivity index is 1.62. The van der Waals surface area contributed by atoms with Crippen molar-refractivity contribution in [1.82, 2.24) is 4.98 Å². The number of hydrogen-bond acceptors (Lipinski definition) is 6. The van der Waals surface area contributed by atoms with Crippen molar-refractivity contribution >= 4 is 33.8 Å².